The number of nitrogens with zero attached hydrogens (tertiary/aromatic N) is 3. The van der Waals surface area contributed by atoms with E-state index in [0.717, 1.165) is 5.69 Å². The van der Waals surface area contributed by atoms with Gasteiger partial charge in [0, 0.05) is 19.6 Å². The van der Waals surface area contributed by atoms with Gasteiger partial charge >= 0.3 is 0 Å². The number of hydrogen-bond acceptors (Lipinski definition) is 3. The second-order valence-corrected chi connectivity index (χ2v) is 5.67. The molecule has 108 valence electrons. The van der Waals surface area contributed by atoms with Crippen LogP contribution in [0.15, 0.2) is 6.07 Å². The van der Waals surface area contributed by atoms with Crippen molar-refractivity contribution < 1.29 is 4.79 Å². The van der Waals surface area contributed by atoms with Gasteiger partial charge in [0.2, 0.25) is 0 Å². The number of aryl methyl sites for hydroxylation is 2. The summed E-state index contributed by atoms with van der Waals surface area (Å²) in [7, 11) is 0. The number of aromatic nitrogens is 2. The van der Waals surface area contributed by atoms with Gasteiger partial charge in [0.25, 0.3) is 5.91 Å². The summed E-state index contributed by atoms with van der Waals surface area (Å²) < 4.78 is 1.76. The van der Waals surface area contributed by atoms with Crippen LogP contribution in [0.4, 0.5) is 0 Å². The van der Waals surface area contributed by atoms with E-state index < -0.39 is 0 Å². The molecule has 5 nitrogen and oxygen atoms in total. The highest BCUT2D eigenvalue weighted by Crippen LogP contribution is 2.17. The summed E-state index contributed by atoms with van der Waals surface area (Å²) in [6, 6.07) is 1.85. The minimum atomic E-state index is -0.0716. The molecular weight excluding hydrogens is 240 g/mol. The van der Waals surface area contributed by atoms with E-state index in [1.807, 2.05) is 31.7 Å². The topological polar surface area (TPSA) is 64.2 Å². The third-order valence-corrected chi connectivity index (χ3v) is 3.26. The van der Waals surface area contributed by atoms with Crippen molar-refractivity contribution in [3.63, 3.8) is 0 Å². The normalized spacial score (nSPS) is 11.7. The van der Waals surface area contributed by atoms with E-state index in [1.54, 1.807) is 4.68 Å². The third-order valence-electron chi connectivity index (χ3n) is 3.26. The summed E-state index contributed by atoms with van der Waals surface area (Å²) in [6.45, 7) is 12.6. The number of rotatable bonds is 6. The molecule has 1 rings (SSSR count). The molecule has 2 N–H and O–H groups in total. The van der Waals surface area contributed by atoms with E-state index >= 15 is 0 Å². The molecule has 0 saturated carbocycles. The zero-order valence-electron chi connectivity index (χ0n) is 12.7. The monoisotopic (exact) mass is 266 g/mol. The van der Waals surface area contributed by atoms with Crippen LogP contribution in [-0.4, -0.2) is 40.2 Å². The van der Waals surface area contributed by atoms with Crippen LogP contribution < -0.4 is 5.73 Å². The molecule has 1 aromatic heterocycles. The summed E-state index contributed by atoms with van der Waals surface area (Å²) in [5.74, 6) is 0.0338. The zero-order chi connectivity index (χ0) is 14.6. The number of carbonyl (C=O) groups is 1. The Labute approximate surface area is 115 Å². The Balaban J connectivity index is 2.95. The summed E-state index contributed by atoms with van der Waals surface area (Å²) in [6.07, 6.45) is 0. The Hall–Kier alpha value is -1.36. The zero-order valence-corrected chi connectivity index (χ0v) is 12.7. The molecule has 19 heavy (non-hydrogen) atoms. The lowest BCUT2D eigenvalue weighted by molar-refractivity contribution is 0.0688. The van der Waals surface area contributed by atoms with Crippen molar-refractivity contribution in [3.8, 4) is 0 Å². The molecule has 0 bridgehead atoms. The van der Waals surface area contributed by atoms with Crippen LogP contribution in [0, 0.1) is 12.3 Å². The largest absolute Gasteiger partial charge is 0.337 e. The van der Waals surface area contributed by atoms with Crippen LogP contribution in [0.5, 0.6) is 0 Å². The first kappa shape index (κ1) is 15.7. The SMILES string of the molecule is CCN(CC(C)(C)CN)C(=O)c1cc(C)nn1CC. The molecule has 0 saturated heterocycles. The van der Waals surface area contributed by atoms with Gasteiger partial charge in [-0.05, 0) is 38.8 Å². The van der Waals surface area contributed by atoms with Crippen molar-refractivity contribution in [3.05, 3.63) is 17.5 Å². The van der Waals surface area contributed by atoms with Crippen molar-refractivity contribution in [2.45, 2.75) is 41.2 Å². The summed E-state index contributed by atoms with van der Waals surface area (Å²) >= 11 is 0. The lowest BCUT2D eigenvalue weighted by atomic mass is 9.93. The highest BCUT2D eigenvalue weighted by molar-refractivity contribution is 5.92. The molecule has 0 aromatic carbocycles. The van der Waals surface area contributed by atoms with Gasteiger partial charge in [-0.2, -0.15) is 5.10 Å². The average molecular weight is 266 g/mol. The molecule has 0 fully saturated rings. The van der Waals surface area contributed by atoms with Gasteiger partial charge in [-0.1, -0.05) is 13.8 Å². The molecule has 0 radical (unpaired) electrons. The minimum Gasteiger partial charge on any atom is -0.337 e. The van der Waals surface area contributed by atoms with Crippen LogP contribution in [0.25, 0.3) is 0 Å². The average Bonchev–Trinajstić information content (AvgIpc) is 2.76. The van der Waals surface area contributed by atoms with Crippen LogP contribution in [0.3, 0.4) is 0 Å². The van der Waals surface area contributed by atoms with Gasteiger partial charge in [-0.25, -0.2) is 0 Å². The summed E-state index contributed by atoms with van der Waals surface area (Å²) in [4.78, 5) is 14.4. The number of carbonyl (C=O) groups excluding carboxylic acids is 1. The van der Waals surface area contributed by atoms with Crippen molar-refractivity contribution in [2.75, 3.05) is 19.6 Å². The molecule has 0 spiro atoms. The third kappa shape index (κ3) is 3.80. The van der Waals surface area contributed by atoms with Crippen molar-refractivity contribution in [1.29, 1.82) is 0 Å². The maximum Gasteiger partial charge on any atom is 0.272 e. The standard InChI is InChI=1S/C14H26N4O/c1-6-17(10-14(4,5)9-15)13(19)12-8-11(3)16-18(12)7-2/h8H,6-7,9-10,15H2,1-5H3. The Morgan fingerprint density at radius 3 is 2.58 bits per heavy atom. The molecule has 5 heteroatoms. The molecule has 1 aromatic rings. The fourth-order valence-corrected chi connectivity index (χ4v) is 2.03. The van der Waals surface area contributed by atoms with Gasteiger partial charge in [0.1, 0.15) is 5.69 Å². The number of amides is 1. The van der Waals surface area contributed by atoms with Crippen LogP contribution in [0.2, 0.25) is 0 Å². The van der Waals surface area contributed by atoms with E-state index in [-0.39, 0.29) is 11.3 Å². The molecule has 0 atom stereocenters. The fourth-order valence-electron chi connectivity index (χ4n) is 2.03. The van der Waals surface area contributed by atoms with Gasteiger partial charge in [0.15, 0.2) is 0 Å². The fraction of sp³-hybridized carbons (Fsp3) is 0.714. The molecule has 0 aliphatic rings. The first-order chi connectivity index (χ1) is 8.84. The number of nitrogens with two attached hydrogens (primary N) is 1. The van der Waals surface area contributed by atoms with E-state index in [4.69, 9.17) is 5.73 Å². The molecule has 0 aliphatic carbocycles. The smallest absolute Gasteiger partial charge is 0.272 e. The molecule has 1 amide bonds. The van der Waals surface area contributed by atoms with Gasteiger partial charge in [-0.15, -0.1) is 0 Å². The van der Waals surface area contributed by atoms with Crippen molar-refractivity contribution in [2.24, 2.45) is 11.1 Å². The second-order valence-electron chi connectivity index (χ2n) is 5.67. The Morgan fingerprint density at radius 2 is 2.11 bits per heavy atom. The Morgan fingerprint density at radius 1 is 1.47 bits per heavy atom. The van der Waals surface area contributed by atoms with Crippen LogP contribution in [0.1, 0.15) is 43.9 Å². The minimum absolute atomic E-state index is 0.0338. The maximum absolute atomic E-state index is 12.6. The van der Waals surface area contributed by atoms with E-state index in [1.165, 1.54) is 0 Å². The Bertz CT molecular complexity index is 437. The first-order valence-corrected chi connectivity index (χ1v) is 6.88. The van der Waals surface area contributed by atoms with E-state index in [2.05, 4.69) is 18.9 Å². The van der Waals surface area contributed by atoms with Crippen molar-refractivity contribution >= 4 is 5.91 Å². The lowest BCUT2D eigenvalue weighted by Gasteiger charge is -2.31. The van der Waals surface area contributed by atoms with Gasteiger partial charge < -0.3 is 10.6 Å². The van der Waals surface area contributed by atoms with Crippen LogP contribution in [-0.2, 0) is 6.54 Å². The number of hydrogen-bond donors (Lipinski definition) is 1. The van der Waals surface area contributed by atoms with E-state index in [0.29, 0.717) is 31.9 Å². The van der Waals surface area contributed by atoms with Crippen LogP contribution >= 0.6 is 0 Å². The predicted octanol–water partition coefficient (Wildman–Crippen LogP) is 1.66. The predicted molar refractivity (Wildman–Crippen MR) is 77.1 cm³/mol. The highest BCUT2D eigenvalue weighted by atomic mass is 16.2. The summed E-state index contributed by atoms with van der Waals surface area (Å²) in [5, 5.41) is 4.33. The van der Waals surface area contributed by atoms with Gasteiger partial charge in [-0.3, -0.25) is 9.48 Å². The first-order valence-electron chi connectivity index (χ1n) is 6.88. The summed E-state index contributed by atoms with van der Waals surface area (Å²) in [5.41, 5.74) is 7.22. The maximum atomic E-state index is 12.6. The quantitative estimate of drug-likeness (QED) is 0.851. The molecule has 1 heterocycles. The van der Waals surface area contributed by atoms with Crippen molar-refractivity contribution in [1.82, 2.24) is 14.7 Å². The second kappa shape index (κ2) is 6.19. The molecular formula is C14H26N4O. The van der Waals surface area contributed by atoms with E-state index in [9.17, 15) is 4.79 Å². The van der Waals surface area contributed by atoms with Gasteiger partial charge in [0.05, 0.1) is 5.69 Å². The molecule has 0 aliphatic heterocycles. The Kier molecular flexibility index (Phi) is 5.11. The molecule has 0 unspecified atom stereocenters. The lowest BCUT2D eigenvalue weighted by Crippen LogP contribution is -2.42. The highest BCUT2D eigenvalue weighted by Gasteiger charge is 2.25.